The zero-order chi connectivity index (χ0) is 13.0. The molecular weight excluding hydrogens is 232 g/mol. The molecular formula is C13H18N2O3. The standard InChI is InChI=1S/C13H18N2O3/c14-7-11-6-12(16)8-15(11)13(17)18-9-10-4-2-1-3-5-10/h1-5,11-12,16H,6-9,14H2. The van der Waals surface area contributed by atoms with Crippen LogP contribution in [0.1, 0.15) is 12.0 Å². The Morgan fingerprint density at radius 1 is 1.44 bits per heavy atom. The van der Waals surface area contributed by atoms with Crippen molar-refractivity contribution in [1.29, 1.82) is 0 Å². The number of benzene rings is 1. The first-order valence-electron chi connectivity index (χ1n) is 6.06. The number of carbonyl (C=O) groups is 1. The molecule has 0 aliphatic carbocycles. The number of nitrogens with two attached hydrogens (primary N) is 1. The van der Waals surface area contributed by atoms with E-state index in [-0.39, 0.29) is 12.6 Å². The van der Waals surface area contributed by atoms with Gasteiger partial charge in [-0.3, -0.25) is 0 Å². The lowest BCUT2D eigenvalue weighted by Crippen LogP contribution is -2.40. The fourth-order valence-corrected chi connectivity index (χ4v) is 2.14. The lowest BCUT2D eigenvalue weighted by atomic mass is 10.2. The number of hydrogen-bond donors (Lipinski definition) is 2. The molecule has 18 heavy (non-hydrogen) atoms. The van der Waals surface area contributed by atoms with Crippen LogP contribution in [0.25, 0.3) is 0 Å². The van der Waals surface area contributed by atoms with Gasteiger partial charge in [0.15, 0.2) is 0 Å². The second-order valence-corrected chi connectivity index (χ2v) is 4.47. The fraction of sp³-hybridized carbons (Fsp3) is 0.462. The predicted molar refractivity (Wildman–Crippen MR) is 66.8 cm³/mol. The second-order valence-electron chi connectivity index (χ2n) is 4.47. The summed E-state index contributed by atoms with van der Waals surface area (Å²) in [4.78, 5) is 13.4. The number of rotatable bonds is 3. The number of nitrogens with zero attached hydrogens (tertiary/aromatic N) is 1. The van der Waals surface area contributed by atoms with Gasteiger partial charge in [-0.1, -0.05) is 30.3 Å². The average molecular weight is 250 g/mol. The first-order chi connectivity index (χ1) is 8.70. The van der Waals surface area contributed by atoms with Crippen molar-refractivity contribution in [1.82, 2.24) is 4.90 Å². The number of aliphatic hydroxyl groups excluding tert-OH is 1. The van der Waals surface area contributed by atoms with E-state index in [0.29, 0.717) is 19.5 Å². The van der Waals surface area contributed by atoms with E-state index in [1.54, 1.807) is 0 Å². The summed E-state index contributed by atoms with van der Waals surface area (Å²) >= 11 is 0. The van der Waals surface area contributed by atoms with E-state index in [4.69, 9.17) is 10.5 Å². The maximum Gasteiger partial charge on any atom is 0.410 e. The molecule has 1 aliphatic heterocycles. The summed E-state index contributed by atoms with van der Waals surface area (Å²) in [7, 11) is 0. The minimum atomic E-state index is -0.497. The molecule has 1 heterocycles. The van der Waals surface area contributed by atoms with Gasteiger partial charge < -0.3 is 20.5 Å². The van der Waals surface area contributed by atoms with E-state index < -0.39 is 12.2 Å². The molecule has 1 aromatic carbocycles. The lowest BCUT2D eigenvalue weighted by molar-refractivity contribution is 0.0885. The maximum absolute atomic E-state index is 11.9. The molecule has 0 saturated carbocycles. The second kappa shape index (κ2) is 5.84. The van der Waals surface area contributed by atoms with Gasteiger partial charge >= 0.3 is 6.09 Å². The summed E-state index contributed by atoms with van der Waals surface area (Å²) in [5.74, 6) is 0. The molecule has 1 aliphatic rings. The number of β-amino-alcohol motifs (C(OH)–C–C–N with tert-alkyl or cyclic N) is 1. The summed E-state index contributed by atoms with van der Waals surface area (Å²) in [5, 5.41) is 9.53. The van der Waals surface area contributed by atoms with Crippen molar-refractivity contribution in [2.75, 3.05) is 13.1 Å². The highest BCUT2D eigenvalue weighted by Gasteiger charge is 2.34. The van der Waals surface area contributed by atoms with Gasteiger partial charge in [-0.25, -0.2) is 4.79 Å². The number of carbonyl (C=O) groups excluding carboxylic acids is 1. The molecule has 0 aromatic heterocycles. The minimum Gasteiger partial charge on any atom is -0.445 e. The van der Waals surface area contributed by atoms with Crippen LogP contribution in [0.4, 0.5) is 4.79 Å². The quantitative estimate of drug-likeness (QED) is 0.828. The van der Waals surface area contributed by atoms with Gasteiger partial charge in [-0.15, -0.1) is 0 Å². The van der Waals surface area contributed by atoms with Crippen LogP contribution in [-0.4, -0.2) is 41.3 Å². The number of likely N-dealkylation sites (tertiary alicyclic amines) is 1. The van der Waals surface area contributed by atoms with Crippen molar-refractivity contribution in [3.05, 3.63) is 35.9 Å². The molecule has 0 spiro atoms. The van der Waals surface area contributed by atoms with Gasteiger partial charge in [0.25, 0.3) is 0 Å². The van der Waals surface area contributed by atoms with E-state index in [2.05, 4.69) is 0 Å². The number of aliphatic hydroxyl groups is 1. The number of hydrogen-bond acceptors (Lipinski definition) is 4. The molecule has 2 atom stereocenters. The van der Waals surface area contributed by atoms with E-state index in [9.17, 15) is 9.90 Å². The predicted octanol–water partition coefficient (Wildman–Crippen LogP) is 0.717. The SMILES string of the molecule is NCC1CC(O)CN1C(=O)OCc1ccccc1. The number of ether oxygens (including phenoxy) is 1. The van der Waals surface area contributed by atoms with Crippen LogP contribution in [-0.2, 0) is 11.3 Å². The topological polar surface area (TPSA) is 75.8 Å². The Balaban J connectivity index is 1.88. The molecule has 5 nitrogen and oxygen atoms in total. The molecule has 2 unspecified atom stereocenters. The maximum atomic E-state index is 11.9. The van der Waals surface area contributed by atoms with Crippen LogP contribution in [0.15, 0.2) is 30.3 Å². The summed E-state index contributed by atoms with van der Waals surface area (Å²) in [6.45, 7) is 0.885. The van der Waals surface area contributed by atoms with Gasteiger partial charge in [0.05, 0.1) is 12.6 Å². The van der Waals surface area contributed by atoms with Crippen molar-refractivity contribution >= 4 is 6.09 Å². The summed E-state index contributed by atoms with van der Waals surface area (Å²) < 4.78 is 5.21. The van der Waals surface area contributed by atoms with Crippen LogP contribution in [0.5, 0.6) is 0 Å². The Morgan fingerprint density at radius 2 is 2.17 bits per heavy atom. The largest absolute Gasteiger partial charge is 0.445 e. The van der Waals surface area contributed by atoms with Gasteiger partial charge in [0.2, 0.25) is 0 Å². The van der Waals surface area contributed by atoms with Crippen LogP contribution in [0.2, 0.25) is 0 Å². The molecule has 2 rings (SSSR count). The fourth-order valence-electron chi connectivity index (χ4n) is 2.14. The summed E-state index contributed by atoms with van der Waals surface area (Å²) in [5.41, 5.74) is 6.51. The van der Waals surface area contributed by atoms with Crippen molar-refractivity contribution in [2.45, 2.75) is 25.2 Å². The van der Waals surface area contributed by atoms with Gasteiger partial charge in [0.1, 0.15) is 6.61 Å². The highest BCUT2D eigenvalue weighted by atomic mass is 16.6. The van der Waals surface area contributed by atoms with E-state index in [1.807, 2.05) is 30.3 Å². The monoisotopic (exact) mass is 250 g/mol. The van der Waals surface area contributed by atoms with E-state index in [1.165, 1.54) is 4.90 Å². The Hall–Kier alpha value is -1.59. The zero-order valence-corrected chi connectivity index (χ0v) is 10.2. The Kier molecular flexibility index (Phi) is 4.17. The highest BCUT2D eigenvalue weighted by molar-refractivity contribution is 5.68. The van der Waals surface area contributed by atoms with Crippen molar-refractivity contribution in [2.24, 2.45) is 5.73 Å². The van der Waals surface area contributed by atoms with Crippen molar-refractivity contribution in [3.8, 4) is 0 Å². The first-order valence-corrected chi connectivity index (χ1v) is 6.06. The minimum absolute atomic E-state index is 0.122. The van der Waals surface area contributed by atoms with Crippen LogP contribution in [0.3, 0.4) is 0 Å². The van der Waals surface area contributed by atoms with E-state index in [0.717, 1.165) is 5.56 Å². The molecule has 5 heteroatoms. The Bertz CT molecular complexity index is 396. The van der Waals surface area contributed by atoms with Gasteiger partial charge in [0, 0.05) is 12.6 Å². The number of amides is 1. The molecule has 98 valence electrons. The average Bonchev–Trinajstić information content (AvgIpc) is 2.78. The van der Waals surface area contributed by atoms with Gasteiger partial charge in [-0.05, 0) is 12.0 Å². The van der Waals surface area contributed by atoms with Gasteiger partial charge in [-0.2, -0.15) is 0 Å². The molecule has 1 aromatic rings. The smallest absolute Gasteiger partial charge is 0.410 e. The summed E-state index contributed by atoms with van der Waals surface area (Å²) in [6.07, 6.45) is -0.384. The summed E-state index contributed by atoms with van der Waals surface area (Å²) in [6, 6.07) is 9.37. The van der Waals surface area contributed by atoms with Crippen LogP contribution >= 0.6 is 0 Å². The zero-order valence-electron chi connectivity index (χ0n) is 10.2. The van der Waals surface area contributed by atoms with Crippen molar-refractivity contribution in [3.63, 3.8) is 0 Å². The first kappa shape index (κ1) is 12.9. The molecule has 0 radical (unpaired) electrons. The molecule has 0 bridgehead atoms. The highest BCUT2D eigenvalue weighted by Crippen LogP contribution is 2.18. The lowest BCUT2D eigenvalue weighted by Gasteiger charge is -2.22. The van der Waals surface area contributed by atoms with E-state index >= 15 is 0 Å². The third kappa shape index (κ3) is 3.00. The molecule has 3 N–H and O–H groups in total. The van der Waals surface area contributed by atoms with Crippen LogP contribution in [0, 0.1) is 0 Å². The Labute approximate surface area is 106 Å². The van der Waals surface area contributed by atoms with Crippen LogP contribution < -0.4 is 5.73 Å². The normalized spacial score (nSPS) is 23.1. The molecule has 1 saturated heterocycles. The third-order valence-corrected chi connectivity index (χ3v) is 3.10. The third-order valence-electron chi connectivity index (χ3n) is 3.10. The molecule has 1 amide bonds. The Morgan fingerprint density at radius 3 is 2.83 bits per heavy atom. The molecule has 1 fully saturated rings. The van der Waals surface area contributed by atoms with Crippen molar-refractivity contribution < 1.29 is 14.6 Å².